The van der Waals surface area contributed by atoms with Crippen molar-refractivity contribution in [1.82, 2.24) is 0 Å². The van der Waals surface area contributed by atoms with Crippen LogP contribution in [-0.4, -0.2) is 17.5 Å². The molecule has 20 heavy (non-hydrogen) atoms. The Morgan fingerprint density at radius 1 is 1.45 bits per heavy atom. The van der Waals surface area contributed by atoms with Gasteiger partial charge in [0.15, 0.2) is 0 Å². The molecule has 0 atom stereocenters. The van der Waals surface area contributed by atoms with Gasteiger partial charge in [0.1, 0.15) is 0 Å². The van der Waals surface area contributed by atoms with Crippen molar-refractivity contribution in [2.75, 3.05) is 6.61 Å². The van der Waals surface area contributed by atoms with Crippen molar-refractivity contribution in [3.63, 3.8) is 0 Å². The zero-order chi connectivity index (χ0) is 15.3. The van der Waals surface area contributed by atoms with Crippen molar-refractivity contribution in [3.05, 3.63) is 45.5 Å². The number of hydrogen-bond acceptors (Lipinski definition) is 4. The molecule has 0 heterocycles. The highest BCUT2D eigenvalue weighted by atomic mass is 19.4. The van der Waals surface area contributed by atoms with Crippen molar-refractivity contribution >= 4 is 17.7 Å². The molecular formula is C12H10F3NO4. The first-order valence-electron chi connectivity index (χ1n) is 5.46. The van der Waals surface area contributed by atoms with E-state index in [2.05, 4.69) is 4.74 Å². The van der Waals surface area contributed by atoms with Gasteiger partial charge in [-0.05, 0) is 24.6 Å². The van der Waals surface area contributed by atoms with Gasteiger partial charge in [-0.2, -0.15) is 13.2 Å². The van der Waals surface area contributed by atoms with Crippen LogP contribution < -0.4 is 0 Å². The van der Waals surface area contributed by atoms with Gasteiger partial charge in [0.25, 0.3) is 5.69 Å². The summed E-state index contributed by atoms with van der Waals surface area (Å²) in [5.41, 5.74) is -2.04. The number of alkyl halides is 3. The maximum Gasteiger partial charge on any atom is 0.416 e. The molecule has 1 aromatic rings. The lowest BCUT2D eigenvalue weighted by molar-refractivity contribution is -0.384. The third-order valence-corrected chi connectivity index (χ3v) is 2.24. The van der Waals surface area contributed by atoms with E-state index >= 15 is 0 Å². The van der Waals surface area contributed by atoms with Crippen LogP contribution in [0.3, 0.4) is 0 Å². The Balaban J connectivity index is 3.22. The Morgan fingerprint density at radius 3 is 2.60 bits per heavy atom. The first kappa shape index (κ1) is 15.7. The van der Waals surface area contributed by atoms with Crippen LogP contribution in [0.2, 0.25) is 0 Å². The lowest BCUT2D eigenvalue weighted by Crippen LogP contribution is -2.08. The van der Waals surface area contributed by atoms with Crippen LogP contribution in [0, 0.1) is 10.1 Å². The second-order valence-electron chi connectivity index (χ2n) is 3.61. The summed E-state index contributed by atoms with van der Waals surface area (Å²) in [6.45, 7) is 1.62. The molecule has 8 heteroatoms. The number of non-ortho nitro benzene ring substituents is 1. The average Bonchev–Trinajstić information content (AvgIpc) is 2.35. The van der Waals surface area contributed by atoms with Crippen LogP contribution in [-0.2, 0) is 15.7 Å². The maximum absolute atomic E-state index is 12.7. The molecule has 0 amide bonds. The number of nitro benzene ring substituents is 1. The number of rotatable bonds is 4. The molecule has 0 aliphatic carbocycles. The van der Waals surface area contributed by atoms with Crippen molar-refractivity contribution in [3.8, 4) is 0 Å². The minimum atomic E-state index is -4.68. The number of esters is 1. The number of benzene rings is 1. The number of halogens is 3. The molecule has 108 valence electrons. The molecule has 0 unspecified atom stereocenters. The van der Waals surface area contributed by atoms with Gasteiger partial charge in [0.05, 0.1) is 17.1 Å². The van der Waals surface area contributed by atoms with E-state index in [1.54, 1.807) is 6.92 Å². The summed E-state index contributed by atoms with van der Waals surface area (Å²) >= 11 is 0. The topological polar surface area (TPSA) is 69.4 Å². The van der Waals surface area contributed by atoms with Gasteiger partial charge in [-0.25, -0.2) is 4.79 Å². The van der Waals surface area contributed by atoms with E-state index in [0.29, 0.717) is 6.07 Å². The molecule has 0 bridgehead atoms. The van der Waals surface area contributed by atoms with Crippen LogP contribution in [0.5, 0.6) is 0 Å². The van der Waals surface area contributed by atoms with Crippen molar-refractivity contribution in [1.29, 1.82) is 0 Å². The lowest BCUT2D eigenvalue weighted by atomic mass is 10.1. The number of carbonyl (C=O) groups is 1. The number of ether oxygens (including phenoxy) is 1. The molecular weight excluding hydrogens is 279 g/mol. The summed E-state index contributed by atoms with van der Waals surface area (Å²) in [6.07, 6.45) is -3.05. The molecule has 0 fully saturated rings. The van der Waals surface area contributed by atoms with E-state index in [1.165, 1.54) is 0 Å². The number of nitro groups is 1. The van der Waals surface area contributed by atoms with Gasteiger partial charge < -0.3 is 4.74 Å². The number of carbonyl (C=O) groups excluding carboxylic acids is 1. The molecule has 0 aliphatic heterocycles. The van der Waals surface area contributed by atoms with Gasteiger partial charge in [0, 0.05) is 18.2 Å². The fraction of sp³-hybridized carbons (Fsp3) is 0.250. The van der Waals surface area contributed by atoms with Crippen LogP contribution in [0.4, 0.5) is 18.9 Å². The summed E-state index contributed by atoms with van der Waals surface area (Å²) in [7, 11) is 0. The van der Waals surface area contributed by atoms with E-state index < -0.39 is 33.9 Å². The Morgan fingerprint density at radius 2 is 2.10 bits per heavy atom. The maximum atomic E-state index is 12.7. The molecule has 0 radical (unpaired) electrons. The second kappa shape index (κ2) is 6.18. The lowest BCUT2D eigenvalue weighted by Gasteiger charge is -2.09. The predicted octanol–water partition coefficient (Wildman–Crippen LogP) is 3.19. The highest BCUT2D eigenvalue weighted by Crippen LogP contribution is 2.34. The smallest absolute Gasteiger partial charge is 0.416 e. The van der Waals surface area contributed by atoms with Crippen molar-refractivity contribution < 1.29 is 27.6 Å². The number of nitrogens with zero attached hydrogens (tertiary/aromatic N) is 1. The first-order valence-corrected chi connectivity index (χ1v) is 5.46. The fourth-order valence-corrected chi connectivity index (χ4v) is 1.41. The quantitative estimate of drug-likeness (QED) is 0.369. The summed E-state index contributed by atoms with van der Waals surface area (Å²) in [5, 5.41) is 10.6. The SMILES string of the molecule is CCOC(=O)C=Cc1cc([N+](=O)[O-])ccc1C(F)(F)F. The molecule has 0 aliphatic rings. The zero-order valence-electron chi connectivity index (χ0n) is 10.3. The molecule has 5 nitrogen and oxygen atoms in total. The third kappa shape index (κ3) is 4.08. The Hall–Kier alpha value is -2.38. The van der Waals surface area contributed by atoms with E-state index in [0.717, 1.165) is 24.3 Å². The van der Waals surface area contributed by atoms with E-state index in [1.807, 2.05) is 0 Å². The first-order chi connectivity index (χ1) is 9.25. The normalized spacial score (nSPS) is 11.6. The number of hydrogen-bond donors (Lipinski definition) is 0. The van der Waals surface area contributed by atoms with E-state index in [-0.39, 0.29) is 6.61 Å². The molecule has 1 aromatic carbocycles. The molecule has 0 saturated heterocycles. The Kier molecular flexibility index (Phi) is 4.84. The Labute approximate surface area is 111 Å². The Bertz CT molecular complexity index is 552. The summed E-state index contributed by atoms with van der Waals surface area (Å²) in [6, 6.07) is 2.10. The molecule has 0 N–H and O–H groups in total. The average molecular weight is 289 g/mol. The predicted molar refractivity (Wildman–Crippen MR) is 63.8 cm³/mol. The summed E-state index contributed by atoms with van der Waals surface area (Å²) < 4.78 is 42.7. The van der Waals surface area contributed by atoms with E-state index in [9.17, 15) is 28.1 Å². The van der Waals surface area contributed by atoms with Gasteiger partial charge in [-0.1, -0.05) is 0 Å². The monoisotopic (exact) mass is 289 g/mol. The largest absolute Gasteiger partial charge is 0.463 e. The van der Waals surface area contributed by atoms with Crippen molar-refractivity contribution in [2.45, 2.75) is 13.1 Å². The molecule has 1 rings (SSSR count). The molecule has 0 spiro atoms. The zero-order valence-corrected chi connectivity index (χ0v) is 10.3. The molecule has 0 aromatic heterocycles. The van der Waals surface area contributed by atoms with Gasteiger partial charge in [-0.15, -0.1) is 0 Å². The standard InChI is InChI=1S/C12H10F3NO4/c1-2-20-11(17)6-3-8-7-9(16(18)19)4-5-10(8)12(13,14)15/h3-7H,2H2,1H3. The van der Waals surface area contributed by atoms with Gasteiger partial charge in [0.2, 0.25) is 0 Å². The third-order valence-electron chi connectivity index (χ3n) is 2.24. The summed E-state index contributed by atoms with van der Waals surface area (Å²) in [4.78, 5) is 20.8. The minimum absolute atomic E-state index is 0.0736. The van der Waals surface area contributed by atoms with Crippen LogP contribution in [0.25, 0.3) is 6.08 Å². The van der Waals surface area contributed by atoms with Crippen molar-refractivity contribution in [2.24, 2.45) is 0 Å². The van der Waals surface area contributed by atoms with Gasteiger partial charge >= 0.3 is 12.1 Å². The van der Waals surface area contributed by atoms with E-state index in [4.69, 9.17) is 0 Å². The highest BCUT2D eigenvalue weighted by molar-refractivity contribution is 5.87. The van der Waals surface area contributed by atoms with Crippen LogP contribution in [0.1, 0.15) is 18.1 Å². The van der Waals surface area contributed by atoms with Crippen LogP contribution in [0.15, 0.2) is 24.3 Å². The highest BCUT2D eigenvalue weighted by Gasteiger charge is 2.33. The molecule has 0 saturated carbocycles. The minimum Gasteiger partial charge on any atom is -0.463 e. The van der Waals surface area contributed by atoms with Gasteiger partial charge in [-0.3, -0.25) is 10.1 Å². The summed E-state index contributed by atoms with van der Waals surface area (Å²) in [5.74, 6) is -0.827. The fourth-order valence-electron chi connectivity index (χ4n) is 1.41. The second-order valence-corrected chi connectivity index (χ2v) is 3.61. The van der Waals surface area contributed by atoms with Crippen LogP contribution >= 0.6 is 0 Å².